The fourth-order valence-electron chi connectivity index (χ4n) is 2.38. The maximum Gasteiger partial charge on any atom is 0.254 e. The molecule has 1 aliphatic heterocycles. The molecule has 0 atom stereocenters. The van der Waals surface area contributed by atoms with Crippen molar-refractivity contribution < 1.29 is 4.79 Å². The second-order valence-electron chi connectivity index (χ2n) is 5.31. The number of carbonyl (C=O) groups is 1. The second kappa shape index (κ2) is 6.53. The number of aromatic nitrogens is 2. The third kappa shape index (κ3) is 3.40. The standard InChI is InChI=1S/C16H18N5O/c1-20-8-10-21(11-9-20)15(22)13-4-2-5-14(12-13)19-16-17-6-3-7-18-16/h2-6,12H,8-11H2,1H3,(H,17,18,19). The van der Waals surface area contributed by atoms with Crippen molar-refractivity contribution in [1.82, 2.24) is 19.8 Å². The van der Waals surface area contributed by atoms with E-state index in [4.69, 9.17) is 0 Å². The first kappa shape index (κ1) is 14.5. The smallest absolute Gasteiger partial charge is 0.254 e. The summed E-state index contributed by atoms with van der Waals surface area (Å²) in [6.07, 6.45) is 4.34. The molecular weight excluding hydrogens is 278 g/mol. The molecule has 2 heterocycles. The zero-order chi connectivity index (χ0) is 15.4. The van der Waals surface area contributed by atoms with E-state index in [9.17, 15) is 4.79 Å². The lowest BCUT2D eigenvalue weighted by Crippen LogP contribution is -2.47. The maximum absolute atomic E-state index is 12.6. The van der Waals surface area contributed by atoms with Crippen molar-refractivity contribution in [3.63, 3.8) is 0 Å². The van der Waals surface area contributed by atoms with E-state index >= 15 is 0 Å². The number of anilines is 2. The van der Waals surface area contributed by atoms with Crippen LogP contribution in [0, 0.1) is 6.20 Å². The van der Waals surface area contributed by atoms with Gasteiger partial charge in [-0.3, -0.25) is 4.79 Å². The molecule has 113 valence electrons. The van der Waals surface area contributed by atoms with E-state index < -0.39 is 0 Å². The van der Waals surface area contributed by atoms with Crippen molar-refractivity contribution in [2.75, 3.05) is 38.5 Å². The van der Waals surface area contributed by atoms with Crippen LogP contribution < -0.4 is 5.32 Å². The zero-order valence-corrected chi connectivity index (χ0v) is 12.5. The number of hydrogen-bond donors (Lipinski definition) is 1. The Morgan fingerprint density at radius 1 is 1.27 bits per heavy atom. The van der Waals surface area contributed by atoms with E-state index in [2.05, 4.69) is 33.4 Å². The minimum Gasteiger partial charge on any atom is -0.336 e. The number of piperazine rings is 1. The first-order chi connectivity index (χ1) is 10.7. The van der Waals surface area contributed by atoms with Crippen LogP contribution in [0.25, 0.3) is 0 Å². The van der Waals surface area contributed by atoms with Crippen LogP contribution in [0.5, 0.6) is 0 Å². The zero-order valence-electron chi connectivity index (χ0n) is 12.5. The van der Waals surface area contributed by atoms with Gasteiger partial charge >= 0.3 is 0 Å². The van der Waals surface area contributed by atoms with Gasteiger partial charge in [-0.05, 0) is 31.3 Å². The van der Waals surface area contributed by atoms with Crippen molar-refractivity contribution in [2.24, 2.45) is 0 Å². The fourth-order valence-corrected chi connectivity index (χ4v) is 2.38. The predicted molar refractivity (Wildman–Crippen MR) is 84.0 cm³/mol. The number of benzene rings is 1. The molecule has 1 aliphatic rings. The molecule has 3 rings (SSSR count). The molecule has 0 saturated carbocycles. The van der Waals surface area contributed by atoms with E-state index in [-0.39, 0.29) is 5.91 Å². The van der Waals surface area contributed by atoms with Gasteiger partial charge in [-0.1, -0.05) is 6.07 Å². The lowest BCUT2D eigenvalue weighted by Gasteiger charge is -2.32. The maximum atomic E-state index is 12.6. The highest BCUT2D eigenvalue weighted by Crippen LogP contribution is 2.16. The Kier molecular flexibility index (Phi) is 4.29. The van der Waals surface area contributed by atoms with Crippen LogP contribution in [-0.2, 0) is 0 Å². The van der Waals surface area contributed by atoms with Crippen molar-refractivity contribution in [2.45, 2.75) is 0 Å². The Labute approximate surface area is 129 Å². The van der Waals surface area contributed by atoms with E-state index in [0.717, 1.165) is 31.9 Å². The van der Waals surface area contributed by atoms with E-state index in [1.54, 1.807) is 12.3 Å². The molecule has 1 aromatic carbocycles. The molecule has 6 nitrogen and oxygen atoms in total. The minimum atomic E-state index is 0.0669. The summed E-state index contributed by atoms with van der Waals surface area (Å²) in [6, 6.07) is 9.05. The van der Waals surface area contributed by atoms with Crippen LogP contribution in [0.1, 0.15) is 10.4 Å². The summed E-state index contributed by atoms with van der Waals surface area (Å²) in [6.45, 7) is 3.36. The van der Waals surface area contributed by atoms with Gasteiger partial charge < -0.3 is 15.1 Å². The van der Waals surface area contributed by atoms with Gasteiger partial charge in [0.1, 0.15) is 0 Å². The number of likely N-dealkylation sites (N-methyl/N-ethyl adjacent to an activating group) is 1. The number of amides is 1. The summed E-state index contributed by atoms with van der Waals surface area (Å²) in [4.78, 5) is 24.8. The molecule has 1 saturated heterocycles. The number of nitrogens with zero attached hydrogens (tertiary/aromatic N) is 4. The van der Waals surface area contributed by atoms with Gasteiger partial charge in [0.05, 0.1) is 6.20 Å². The Balaban J connectivity index is 1.72. The van der Waals surface area contributed by atoms with Gasteiger partial charge in [0.25, 0.3) is 5.91 Å². The van der Waals surface area contributed by atoms with E-state index in [1.807, 2.05) is 29.2 Å². The molecule has 2 aromatic rings. The molecule has 1 amide bonds. The average molecular weight is 296 g/mol. The lowest BCUT2D eigenvalue weighted by atomic mass is 10.1. The molecule has 1 fully saturated rings. The third-order valence-electron chi connectivity index (χ3n) is 3.67. The number of carbonyl (C=O) groups excluding carboxylic acids is 1. The summed E-state index contributed by atoms with van der Waals surface area (Å²) >= 11 is 0. The summed E-state index contributed by atoms with van der Waals surface area (Å²) in [7, 11) is 2.07. The van der Waals surface area contributed by atoms with Gasteiger partial charge in [-0.2, -0.15) is 0 Å². The van der Waals surface area contributed by atoms with Gasteiger partial charge in [0, 0.05) is 43.6 Å². The SMILES string of the molecule is CN1CCN(C(=O)c2cccc(Nc3n[c]ccn3)c2)CC1. The van der Waals surface area contributed by atoms with Crippen LogP contribution in [-0.4, -0.2) is 58.9 Å². The van der Waals surface area contributed by atoms with Crippen LogP contribution in [0.3, 0.4) is 0 Å². The molecular formula is C16H18N5O. The summed E-state index contributed by atoms with van der Waals surface area (Å²) < 4.78 is 0. The molecule has 1 radical (unpaired) electrons. The molecule has 6 heteroatoms. The predicted octanol–water partition coefficient (Wildman–Crippen LogP) is 1.41. The van der Waals surface area contributed by atoms with Gasteiger partial charge in [-0.15, -0.1) is 0 Å². The monoisotopic (exact) mass is 296 g/mol. The number of nitrogens with one attached hydrogen (secondary N) is 1. The Morgan fingerprint density at radius 3 is 2.82 bits per heavy atom. The summed E-state index contributed by atoms with van der Waals surface area (Å²) in [5.74, 6) is 0.531. The third-order valence-corrected chi connectivity index (χ3v) is 3.67. The second-order valence-corrected chi connectivity index (χ2v) is 5.31. The Morgan fingerprint density at radius 2 is 2.09 bits per heavy atom. The van der Waals surface area contributed by atoms with Crippen molar-refractivity contribution in [3.05, 3.63) is 48.3 Å². The highest BCUT2D eigenvalue weighted by Gasteiger charge is 2.20. The average Bonchev–Trinajstić information content (AvgIpc) is 2.56. The van der Waals surface area contributed by atoms with Gasteiger partial charge in [0.15, 0.2) is 0 Å². The first-order valence-corrected chi connectivity index (χ1v) is 7.26. The fraction of sp³-hybridized carbons (Fsp3) is 0.312. The molecule has 1 N–H and O–H groups in total. The van der Waals surface area contributed by atoms with Crippen molar-refractivity contribution in [1.29, 1.82) is 0 Å². The number of rotatable bonds is 3. The topological polar surface area (TPSA) is 61.4 Å². The Bertz CT molecular complexity index is 638. The quantitative estimate of drug-likeness (QED) is 0.928. The Hall–Kier alpha value is -2.47. The van der Waals surface area contributed by atoms with Crippen LogP contribution in [0.15, 0.2) is 36.5 Å². The lowest BCUT2D eigenvalue weighted by molar-refractivity contribution is 0.0664. The molecule has 22 heavy (non-hydrogen) atoms. The highest BCUT2D eigenvalue weighted by atomic mass is 16.2. The van der Waals surface area contributed by atoms with Crippen LogP contribution in [0.4, 0.5) is 11.6 Å². The van der Waals surface area contributed by atoms with Crippen LogP contribution in [0.2, 0.25) is 0 Å². The molecule has 0 bridgehead atoms. The van der Waals surface area contributed by atoms with E-state index in [1.165, 1.54) is 0 Å². The first-order valence-electron chi connectivity index (χ1n) is 7.26. The minimum absolute atomic E-state index is 0.0669. The normalized spacial score (nSPS) is 15.6. The molecule has 0 spiro atoms. The molecule has 1 aromatic heterocycles. The summed E-state index contributed by atoms with van der Waals surface area (Å²) in [5.41, 5.74) is 1.47. The largest absolute Gasteiger partial charge is 0.336 e. The van der Waals surface area contributed by atoms with Gasteiger partial charge in [-0.25, -0.2) is 9.97 Å². The van der Waals surface area contributed by atoms with Crippen molar-refractivity contribution >= 4 is 17.5 Å². The summed E-state index contributed by atoms with van der Waals surface area (Å²) in [5, 5.41) is 3.08. The number of hydrogen-bond acceptors (Lipinski definition) is 5. The molecule has 0 aliphatic carbocycles. The van der Waals surface area contributed by atoms with Crippen molar-refractivity contribution in [3.8, 4) is 0 Å². The van der Waals surface area contributed by atoms with Crippen LogP contribution >= 0.6 is 0 Å². The highest BCUT2D eigenvalue weighted by molar-refractivity contribution is 5.95. The van der Waals surface area contributed by atoms with Gasteiger partial charge in [0.2, 0.25) is 5.95 Å². The molecule has 0 unspecified atom stereocenters. The van der Waals surface area contributed by atoms with E-state index in [0.29, 0.717) is 11.5 Å².